The van der Waals surface area contributed by atoms with Crippen molar-refractivity contribution >= 4 is 16.7 Å². The molecule has 2 rings (SSSR count). The van der Waals surface area contributed by atoms with E-state index in [0.717, 1.165) is 23.0 Å². The van der Waals surface area contributed by atoms with Crippen LogP contribution >= 0.6 is 0 Å². The van der Waals surface area contributed by atoms with Crippen molar-refractivity contribution in [1.29, 1.82) is 0 Å². The third-order valence-corrected chi connectivity index (χ3v) is 2.61. The molecule has 0 atom stereocenters. The number of hydrogen-bond acceptors (Lipinski definition) is 1. The molecule has 2 nitrogen and oxygen atoms in total. The number of hydrogen-bond donors (Lipinski definition) is 0. The van der Waals surface area contributed by atoms with E-state index >= 15 is 0 Å². The average Bonchev–Trinajstić information content (AvgIpc) is 2.29. The van der Waals surface area contributed by atoms with Crippen LogP contribution < -0.4 is 4.57 Å². The average molecular weight is 212 g/mol. The Morgan fingerprint density at radius 2 is 2.25 bits per heavy atom. The van der Waals surface area contributed by atoms with E-state index in [0.29, 0.717) is 0 Å². The zero-order valence-electron chi connectivity index (χ0n) is 9.31. The minimum absolute atomic E-state index is 0.0934. The van der Waals surface area contributed by atoms with Gasteiger partial charge in [0.25, 0.3) is 0 Å². The van der Waals surface area contributed by atoms with Gasteiger partial charge < -0.3 is 0 Å². The molecule has 0 radical (unpaired) electrons. The molecule has 0 amide bonds. The predicted molar refractivity (Wildman–Crippen MR) is 64.3 cm³/mol. The number of benzene rings is 1. The van der Waals surface area contributed by atoms with Crippen LogP contribution in [-0.2, 0) is 6.54 Å². The predicted octanol–water partition coefficient (Wildman–Crippen LogP) is 2.52. The molecule has 0 unspecified atom stereocenters. The minimum atomic E-state index is 0.0934. The van der Waals surface area contributed by atoms with Crippen molar-refractivity contribution in [2.45, 2.75) is 13.5 Å². The van der Waals surface area contributed by atoms with Gasteiger partial charge >= 0.3 is 0 Å². The molecular weight excluding hydrogens is 198 g/mol. The van der Waals surface area contributed by atoms with Gasteiger partial charge in [0.2, 0.25) is 5.52 Å². The van der Waals surface area contributed by atoms with Crippen LogP contribution in [0.2, 0.25) is 0 Å². The molecule has 0 N–H and O–H groups in total. The van der Waals surface area contributed by atoms with Gasteiger partial charge in [0.15, 0.2) is 18.5 Å². The third kappa shape index (κ3) is 1.87. The zero-order chi connectivity index (χ0) is 11.5. The van der Waals surface area contributed by atoms with Gasteiger partial charge in [-0.25, -0.2) is 0 Å². The molecule has 1 aromatic carbocycles. The van der Waals surface area contributed by atoms with Crippen molar-refractivity contribution in [3.8, 4) is 0 Å². The summed E-state index contributed by atoms with van der Waals surface area (Å²) >= 11 is 0. The van der Waals surface area contributed by atoms with Crippen molar-refractivity contribution in [2.75, 3.05) is 0 Å². The quantitative estimate of drug-likeness (QED) is 0.435. The summed E-state index contributed by atoms with van der Waals surface area (Å²) in [5, 5.41) is 1.13. The summed E-state index contributed by atoms with van der Waals surface area (Å²) in [6, 6.07) is 9.81. The van der Waals surface area contributed by atoms with Crippen LogP contribution in [0, 0.1) is 0 Å². The van der Waals surface area contributed by atoms with Gasteiger partial charge in [-0.1, -0.05) is 12.6 Å². The van der Waals surface area contributed by atoms with E-state index < -0.39 is 0 Å². The van der Waals surface area contributed by atoms with E-state index in [9.17, 15) is 4.79 Å². The van der Waals surface area contributed by atoms with Crippen LogP contribution in [0.15, 0.2) is 49.2 Å². The standard InChI is InChI=1S/C14H14NO/c1-3-8-15-9-4-5-12-6-7-13(11(2)16)10-14(12)15/h3-7,9-10H,1,8H2,2H3/q+1. The molecule has 2 aromatic rings. The van der Waals surface area contributed by atoms with Gasteiger partial charge in [-0.15, -0.1) is 0 Å². The molecule has 2 heteroatoms. The number of ketones is 1. The first-order valence-electron chi connectivity index (χ1n) is 5.26. The Kier molecular flexibility index (Phi) is 2.82. The monoisotopic (exact) mass is 212 g/mol. The summed E-state index contributed by atoms with van der Waals surface area (Å²) in [6.07, 6.45) is 3.84. The number of nitrogens with zero attached hydrogens (tertiary/aromatic N) is 1. The summed E-state index contributed by atoms with van der Waals surface area (Å²) in [5.74, 6) is 0.0934. The van der Waals surface area contributed by atoms with Crippen molar-refractivity contribution in [3.05, 3.63) is 54.7 Å². The number of pyridine rings is 1. The van der Waals surface area contributed by atoms with Crippen LogP contribution in [0.3, 0.4) is 0 Å². The zero-order valence-corrected chi connectivity index (χ0v) is 9.31. The number of fused-ring (bicyclic) bond motifs is 1. The highest BCUT2D eigenvalue weighted by Crippen LogP contribution is 2.12. The SMILES string of the molecule is C=CC[n+]1cccc2ccc(C(C)=O)cc21. The third-order valence-electron chi connectivity index (χ3n) is 2.61. The molecule has 0 saturated heterocycles. The van der Waals surface area contributed by atoms with Gasteiger partial charge in [0.05, 0.1) is 0 Å². The second-order valence-electron chi connectivity index (χ2n) is 3.78. The van der Waals surface area contributed by atoms with Crippen molar-refractivity contribution in [1.82, 2.24) is 0 Å². The lowest BCUT2D eigenvalue weighted by Crippen LogP contribution is -2.33. The van der Waals surface area contributed by atoms with Crippen molar-refractivity contribution < 1.29 is 9.36 Å². The Morgan fingerprint density at radius 3 is 2.94 bits per heavy atom. The van der Waals surface area contributed by atoms with Gasteiger partial charge in [0.1, 0.15) is 0 Å². The molecule has 1 heterocycles. The number of carbonyl (C=O) groups excluding carboxylic acids is 1. The van der Waals surface area contributed by atoms with Crippen LogP contribution in [0.1, 0.15) is 17.3 Å². The molecule has 0 spiro atoms. The number of allylic oxidation sites excluding steroid dienone is 1. The molecule has 1 aromatic heterocycles. The van der Waals surface area contributed by atoms with Crippen molar-refractivity contribution in [3.63, 3.8) is 0 Å². The smallest absolute Gasteiger partial charge is 0.213 e. The molecule has 0 aliphatic rings. The van der Waals surface area contributed by atoms with Gasteiger partial charge in [-0.3, -0.25) is 4.79 Å². The summed E-state index contributed by atoms with van der Waals surface area (Å²) in [5.41, 5.74) is 1.81. The lowest BCUT2D eigenvalue weighted by atomic mass is 10.1. The Bertz CT molecular complexity index is 558. The first kappa shape index (κ1) is 10.6. The maximum atomic E-state index is 11.3. The number of Topliss-reactive ketones (excluding diaryl/α,β-unsaturated/α-hetero) is 1. The van der Waals surface area contributed by atoms with E-state index in [1.54, 1.807) is 6.92 Å². The molecular formula is C14H14NO+. The molecule has 16 heavy (non-hydrogen) atoms. The number of rotatable bonds is 3. The first-order valence-corrected chi connectivity index (χ1v) is 5.26. The van der Waals surface area contributed by atoms with Crippen LogP contribution in [0.5, 0.6) is 0 Å². The largest absolute Gasteiger partial charge is 0.295 e. The van der Waals surface area contributed by atoms with Gasteiger partial charge in [0, 0.05) is 23.1 Å². The number of aromatic nitrogens is 1. The van der Waals surface area contributed by atoms with Crippen LogP contribution in [-0.4, -0.2) is 5.78 Å². The summed E-state index contributed by atoms with van der Waals surface area (Å²) in [7, 11) is 0. The normalized spacial score (nSPS) is 10.3. The van der Waals surface area contributed by atoms with Crippen LogP contribution in [0.25, 0.3) is 10.9 Å². The van der Waals surface area contributed by atoms with Gasteiger partial charge in [-0.05, 0) is 25.1 Å². The molecule has 0 saturated carbocycles. The maximum absolute atomic E-state index is 11.3. The minimum Gasteiger partial charge on any atom is -0.295 e. The molecule has 0 bridgehead atoms. The van der Waals surface area contributed by atoms with E-state index in [1.165, 1.54) is 0 Å². The van der Waals surface area contributed by atoms with Gasteiger partial charge in [-0.2, -0.15) is 4.57 Å². The number of carbonyl (C=O) groups is 1. The molecule has 80 valence electrons. The highest BCUT2D eigenvalue weighted by atomic mass is 16.1. The lowest BCUT2D eigenvalue weighted by molar-refractivity contribution is -0.660. The second-order valence-corrected chi connectivity index (χ2v) is 3.78. The van der Waals surface area contributed by atoms with Crippen molar-refractivity contribution in [2.24, 2.45) is 0 Å². The van der Waals surface area contributed by atoms with Crippen LogP contribution in [0.4, 0.5) is 0 Å². The highest BCUT2D eigenvalue weighted by Gasteiger charge is 2.09. The van der Waals surface area contributed by atoms with E-state index in [2.05, 4.69) is 11.1 Å². The molecule has 0 fully saturated rings. The molecule has 0 aliphatic carbocycles. The second kappa shape index (κ2) is 4.27. The van der Waals surface area contributed by atoms with E-state index in [-0.39, 0.29) is 5.78 Å². The highest BCUT2D eigenvalue weighted by molar-refractivity contribution is 5.97. The Morgan fingerprint density at radius 1 is 1.44 bits per heavy atom. The molecule has 0 aliphatic heterocycles. The Balaban J connectivity index is 2.67. The Hall–Kier alpha value is -1.96. The topological polar surface area (TPSA) is 20.9 Å². The fourth-order valence-electron chi connectivity index (χ4n) is 1.78. The Labute approximate surface area is 94.8 Å². The maximum Gasteiger partial charge on any atom is 0.213 e. The summed E-state index contributed by atoms with van der Waals surface area (Å²) in [4.78, 5) is 11.3. The summed E-state index contributed by atoms with van der Waals surface area (Å²) < 4.78 is 2.08. The lowest BCUT2D eigenvalue weighted by Gasteiger charge is -2.00. The van der Waals surface area contributed by atoms with E-state index in [1.807, 2.05) is 42.6 Å². The van der Waals surface area contributed by atoms with E-state index in [4.69, 9.17) is 0 Å². The fraction of sp³-hybridized carbons (Fsp3) is 0.143. The fourth-order valence-corrected chi connectivity index (χ4v) is 1.78. The first-order chi connectivity index (χ1) is 7.72. The summed E-state index contributed by atoms with van der Waals surface area (Å²) in [6.45, 7) is 6.07.